The van der Waals surface area contributed by atoms with E-state index in [1.807, 2.05) is 0 Å². The zero-order valence-corrected chi connectivity index (χ0v) is 18.5. The Morgan fingerprint density at radius 3 is 2.19 bits per heavy atom. The lowest BCUT2D eigenvalue weighted by Gasteiger charge is -2.44. The van der Waals surface area contributed by atoms with Crippen molar-refractivity contribution in [2.75, 3.05) is 39.8 Å². The fourth-order valence-electron chi connectivity index (χ4n) is 4.25. The van der Waals surface area contributed by atoms with Crippen LogP contribution in [0, 0.1) is 0 Å². The highest BCUT2D eigenvalue weighted by Gasteiger charge is 2.32. The average Bonchev–Trinajstić information content (AvgIpc) is 2.71. The van der Waals surface area contributed by atoms with Gasteiger partial charge in [-0.15, -0.1) is 0 Å². The van der Waals surface area contributed by atoms with Gasteiger partial charge in [0.2, 0.25) is 0 Å². The van der Waals surface area contributed by atoms with Crippen molar-refractivity contribution < 1.29 is 28.5 Å². The summed E-state index contributed by atoms with van der Waals surface area (Å²) < 4.78 is 1.19. The smallest absolute Gasteiger partial charge is 0.0914 e. The lowest BCUT2D eigenvalue weighted by atomic mass is 9.92. The van der Waals surface area contributed by atoms with Gasteiger partial charge in [-0.25, -0.2) is 0 Å². The van der Waals surface area contributed by atoms with Gasteiger partial charge in [0.25, 0.3) is 0 Å². The number of nitrogens with zero attached hydrogens (tertiary/aromatic N) is 2. The first-order chi connectivity index (χ1) is 12.7. The third-order valence-corrected chi connectivity index (χ3v) is 6.22. The van der Waals surface area contributed by atoms with E-state index in [9.17, 15) is 0 Å². The quantitative estimate of drug-likeness (QED) is 0.413. The molecule has 1 aliphatic rings. The molecule has 1 aliphatic heterocycles. The molecule has 4 rings (SSSR count). The van der Waals surface area contributed by atoms with Crippen LogP contribution >= 0.6 is 0 Å². The molecule has 0 saturated carbocycles. The number of piperazine rings is 1. The van der Waals surface area contributed by atoms with Crippen LogP contribution in [0.5, 0.6) is 0 Å². The largest absolute Gasteiger partial charge is 1.00 e. The van der Waals surface area contributed by atoms with Crippen molar-refractivity contribution >= 4 is 10.8 Å². The molecule has 0 aliphatic carbocycles. The van der Waals surface area contributed by atoms with E-state index in [-0.39, 0.29) is 24.0 Å². The number of benzene rings is 3. The highest BCUT2D eigenvalue weighted by atomic mass is 127. The average molecular weight is 472 g/mol. The van der Waals surface area contributed by atoms with Crippen LogP contribution in [-0.2, 0) is 0 Å². The number of likely N-dealkylation sites (N-methyl/N-ethyl adjacent to an activating group) is 1. The van der Waals surface area contributed by atoms with E-state index in [1.54, 1.807) is 0 Å². The molecule has 0 bridgehead atoms. The Morgan fingerprint density at radius 1 is 0.852 bits per heavy atom. The highest BCUT2D eigenvalue weighted by molar-refractivity contribution is 5.86. The molecule has 0 radical (unpaired) electrons. The maximum absolute atomic E-state index is 2.69. The van der Waals surface area contributed by atoms with Gasteiger partial charge in [0.05, 0.1) is 32.7 Å². The molecule has 1 atom stereocenters. The molecule has 3 aromatic rings. The van der Waals surface area contributed by atoms with Crippen molar-refractivity contribution in [3.05, 3.63) is 83.9 Å². The van der Waals surface area contributed by atoms with E-state index in [1.165, 1.54) is 46.0 Å². The third kappa shape index (κ3) is 4.20. The summed E-state index contributed by atoms with van der Waals surface area (Å²) in [4.78, 5) is 2.69. The number of halogens is 1. The van der Waals surface area contributed by atoms with E-state index in [0.717, 1.165) is 13.1 Å². The maximum atomic E-state index is 2.69. The summed E-state index contributed by atoms with van der Waals surface area (Å²) in [5.74, 6) is 0. The van der Waals surface area contributed by atoms with Crippen molar-refractivity contribution in [1.82, 2.24) is 4.90 Å². The fourth-order valence-corrected chi connectivity index (χ4v) is 4.25. The Bertz CT molecular complexity index is 864. The Morgan fingerprint density at radius 2 is 1.48 bits per heavy atom. The lowest BCUT2D eigenvalue weighted by Crippen LogP contribution is -3.00. The summed E-state index contributed by atoms with van der Waals surface area (Å²) in [7, 11) is 2.40. The van der Waals surface area contributed by atoms with E-state index >= 15 is 0 Å². The van der Waals surface area contributed by atoms with E-state index in [0.29, 0.717) is 6.04 Å². The SMILES string of the molecule is CC[N+]1(C)CCN(C(c2ccccc2)c2cccc3ccccc23)CC1.[I-]. The summed E-state index contributed by atoms with van der Waals surface area (Å²) in [6.07, 6.45) is 0. The number of hydrogen-bond donors (Lipinski definition) is 0. The molecule has 0 spiro atoms. The van der Waals surface area contributed by atoms with Crippen molar-refractivity contribution in [2.45, 2.75) is 13.0 Å². The summed E-state index contributed by atoms with van der Waals surface area (Å²) in [6.45, 7) is 8.28. The Labute approximate surface area is 180 Å². The summed E-state index contributed by atoms with van der Waals surface area (Å²) in [5, 5.41) is 2.71. The molecule has 0 amide bonds. The first-order valence-electron chi connectivity index (χ1n) is 9.80. The number of fused-ring (bicyclic) bond motifs is 1. The van der Waals surface area contributed by atoms with Gasteiger partial charge in [0.15, 0.2) is 0 Å². The molecular formula is C24H29IN2. The van der Waals surface area contributed by atoms with Crippen LogP contribution in [0.15, 0.2) is 72.8 Å². The van der Waals surface area contributed by atoms with E-state index < -0.39 is 0 Å². The van der Waals surface area contributed by atoms with Crippen LogP contribution in [-0.4, -0.2) is 49.2 Å². The molecule has 27 heavy (non-hydrogen) atoms. The van der Waals surface area contributed by atoms with Gasteiger partial charge in [-0.1, -0.05) is 72.8 Å². The van der Waals surface area contributed by atoms with E-state index in [2.05, 4.69) is 91.7 Å². The topological polar surface area (TPSA) is 3.24 Å². The zero-order valence-electron chi connectivity index (χ0n) is 16.3. The first-order valence-corrected chi connectivity index (χ1v) is 9.80. The predicted molar refractivity (Wildman–Crippen MR) is 110 cm³/mol. The lowest BCUT2D eigenvalue weighted by molar-refractivity contribution is -0.912. The Kier molecular flexibility index (Phi) is 6.56. The van der Waals surface area contributed by atoms with Gasteiger partial charge < -0.3 is 28.5 Å². The number of hydrogen-bond acceptors (Lipinski definition) is 1. The monoisotopic (exact) mass is 472 g/mol. The summed E-state index contributed by atoms with van der Waals surface area (Å²) >= 11 is 0. The normalized spacial score (nSPS) is 18.0. The number of rotatable bonds is 4. The maximum Gasteiger partial charge on any atom is 0.0914 e. The Hall–Kier alpha value is -1.43. The molecule has 1 unspecified atom stereocenters. The molecule has 1 saturated heterocycles. The zero-order chi connectivity index (χ0) is 18.0. The van der Waals surface area contributed by atoms with Crippen LogP contribution in [0.4, 0.5) is 0 Å². The van der Waals surface area contributed by atoms with Gasteiger partial charge in [-0.3, -0.25) is 4.90 Å². The van der Waals surface area contributed by atoms with Gasteiger partial charge >= 0.3 is 0 Å². The van der Waals surface area contributed by atoms with Crippen molar-refractivity contribution in [2.24, 2.45) is 0 Å². The van der Waals surface area contributed by atoms with Crippen LogP contribution < -0.4 is 24.0 Å². The van der Waals surface area contributed by atoms with Crippen LogP contribution in [0.1, 0.15) is 24.1 Å². The number of quaternary nitrogens is 1. The summed E-state index contributed by atoms with van der Waals surface area (Å²) in [6, 6.07) is 26.9. The van der Waals surface area contributed by atoms with Crippen LogP contribution in [0.3, 0.4) is 0 Å². The van der Waals surface area contributed by atoms with Crippen LogP contribution in [0.25, 0.3) is 10.8 Å². The van der Waals surface area contributed by atoms with Crippen LogP contribution in [0.2, 0.25) is 0 Å². The molecule has 1 fully saturated rings. The second kappa shape index (κ2) is 8.72. The van der Waals surface area contributed by atoms with Gasteiger partial charge in [0.1, 0.15) is 0 Å². The molecule has 1 heterocycles. The van der Waals surface area contributed by atoms with Crippen molar-refractivity contribution in [3.8, 4) is 0 Å². The Balaban J connectivity index is 0.00000210. The molecule has 3 aromatic carbocycles. The third-order valence-electron chi connectivity index (χ3n) is 6.22. The second-order valence-corrected chi connectivity index (χ2v) is 7.80. The highest BCUT2D eigenvalue weighted by Crippen LogP contribution is 2.34. The first kappa shape index (κ1) is 20.3. The standard InChI is InChI=1S/C24H29N2.HI/c1-3-26(2)18-16-25(17-19-26)24(21-11-5-4-6-12-21)23-15-9-13-20-10-7-8-14-22(20)23;/h4-15,24H,3,16-19H2,1-2H3;1H/q+1;/p-1. The molecular weight excluding hydrogens is 443 g/mol. The van der Waals surface area contributed by atoms with Gasteiger partial charge in [-0.2, -0.15) is 0 Å². The van der Waals surface area contributed by atoms with Crippen molar-refractivity contribution in [1.29, 1.82) is 0 Å². The summed E-state index contributed by atoms with van der Waals surface area (Å²) in [5.41, 5.74) is 2.83. The minimum absolute atomic E-state index is 0. The minimum atomic E-state index is 0. The van der Waals surface area contributed by atoms with E-state index in [4.69, 9.17) is 0 Å². The minimum Gasteiger partial charge on any atom is -1.00 e. The molecule has 0 N–H and O–H groups in total. The molecule has 142 valence electrons. The van der Waals surface area contributed by atoms with Gasteiger partial charge in [0, 0.05) is 13.1 Å². The molecule has 2 nitrogen and oxygen atoms in total. The molecule has 3 heteroatoms. The van der Waals surface area contributed by atoms with Crippen molar-refractivity contribution in [3.63, 3.8) is 0 Å². The second-order valence-electron chi connectivity index (χ2n) is 7.80. The molecule has 0 aromatic heterocycles. The predicted octanol–water partition coefficient (Wildman–Crippen LogP) is 1.72. The van der Waals surface area contributed by atoms with Gasteiger partial charge in [-0.05, 0) is 28.8 Å². The fraction of sp³-hybridized carbons (Fsp3) is 0.333.